The number of nitrogens with one attached hydrogen (secondary N) is 2. The quantitative estimate of drug-likeness (QED) is 0.457. The molecule has 2 aliphatic carbocycles. The predicted octanol–water partition coefficient (Wildman–Crippen LogP) is 4.65. The lowest BCUT2D eigenvalue weighted by Crippen LogP contribution is -2.23. The molecule has 3 rings (SSSR count). The molecule has 0 saturated heterocycles. The zero-order valence-electron chi connectivity index (χ0n) is 14.9. The van der Waals surface area contributed by atoms with E-state index in [1.54, 1.807) is 0 Å². The number of nitro groups is 1. The van der Waals surface area contributed by atoms with Crippen molar-refractivity contribution >= 4 is 17.3 Å². The third-order valence-electron chi connectivity index (χ3n) is 5.40. The van der Waals surface area contributed by atoms with Gasteiger partial charge in [-0.05, 0) is 25.7 Å². The van der Waals surface area contributed by atoms with Gasteiger partial charge in [-0.3, -0.25) is 10.1 Å². The number of aromatic nitrogens is 2. The van der Waals surface area contributed by atoms with Crippen molar-refractivity contribution in [2.45, 2.75) is 89.1 Å². The van der Waals surface area contributed by atoms with Gasteiger partial charge >= 0.3 is 5.69 Å². The maximum Gasteiger partial charge on any atom is 0.353 e. The van der Waals surface area contributed by atoms with Gasteiger partial charge in [0.25, 0.3) is 0 Å². The minimum absolute atomic E-state index is 0.00371. The van der Waals surface area contributed by atoms with Gasteiger partial charge in [-0.2, -0.15) is 0 Å². The Morgan fingerprint density at radius 3 is 1.56 bits per heavy atom. The zero-order valence-corrected chi connectivity index (χ0v) is 14.9. The fourth-order valence-electron chi connectivity index (χ4n) is 4.00. The summed E-state index contributed by atoms with van der Waals surface area (Å²) in [5.74, 6) is 0.728. The van der Waals surface area contributed by atoms with Crippen molar-refractivity contribution in [2.75, 3.05) is 10.6 Å². The largest absolute Gasteiger partial charge is 0.361 e. The molecular weight excluding hydrogens is 318 g/mol. The second-order valence-electron chi connectivity index (χ2n) is 7.34. The molecule has 0 aliphatic heterocycles. The Balaban J connectivity index is 1.77. The molecule has 0 spiro atoms. The second kappa shape index (κ2) is 8.97. The molecule has 1 heterocycles. The maximum atomic E-state index is 11.7. The number of nitrogens with zero attached hydrogens (tertiary/aromatic N) is 3. The van der Waals surface area contributed by atoms with E-state index < -0.39 is 0 Å². The van der Waals surface area contributed by atoms with Crippen LogP contribution in [0.3, 0.4) is 0 Å². The molecule has 0 atom stereocenters. The molecular formula is C18H29N5O2. The van der Waals surface area contributed by atoms with Crippen LogP contribution in [0.25, 0.3) is 0 Å². The summed E-state index contributed by atoms with van der Waals surface area (Å²) >= 11 is 0. The molecule has 0 radical (unpaired) electrons. The van der Waals surface area contributed by atoms with Gasteiger partial charge in [0.05, 0.1) is 4.92 Å². The topological polar surface area (TPSA) is 93.0 Å². The summed E-state index contributed by atoms with van der Waals surface area (Å²) < 4.78 is 0. The van der Waals surface area contributed by atoms with Crippen LogP contribution in [0.15, 0.2) is 6.33 Å². The van der Waals surface area contributed by atoms with Crippen LogP contribution in [0, 0.1) is 10.1 Å². The second-order valence-corrected chi connectivity index (χ2v) is 7.34. The van der Waals surface area contributed by atoms with E-state index in [-0.39, 0.29) is 22.7 Å². The van der Waals surface area contributed by atoms with Crippen molar-refractivity contribution in [3.05, 3.63) is 16.4 Å². The molecule has 2 aliphatic rings. The van der Waals surface area contributed by atoms with Crippen LogP contribution in [-0.2, 0) is 0 Å². The summed E-state index contributed by atoms with van der Waals surface area (Å²) in [5.41, 5.74) is -0.00371. The molecule has 25 heavy (non-hydrogen) atoms. The Morgan fingerprint density at radius 2 is 1.20 bits per heavy atom. The van der Waals surface area contributed by atoms with Crippen molar-refractivity contribution in [1.29, 1.82) is 0 Å². The van der Waals surface area contributed by atoms with Crippen molar-refractivity contribution in [1.82, 2.24) is 9.97 Å². The first kappa shape index (κ1) is 17.9. The lowest BCUT2D eigenvalue weighted by molar-refractivity contribution is -0.383. The van der Waals surface area contributed by atoms with Gasteiger partial charge in [0.15, 0.2) is 0 Å². The van der Waals surface area contributed by atoms with E-state index in [1.807, 2.05) is 0 Å². The van der Waals surface area contributed by atoms with E-state index in [0.29, 0.717) is 11.6 Å². The fraction of sp³-hybridized carbons (Fsp3) is 0.778. The third-order valence-corrected chi connectivity index (χ3v) is 5.40. The highest BCUT2D eigenvalue weighted by Crippen LogP contribution is 2.32. The summed E-state index contributed by atoms with van der Waals surface area (Å²) in [6.07, 6.45) is 15.3. The van der Waals surface area contributed by atoms with E-state index in [1.165, 1.54) is 57.7 Å². The molecule has 2 saturated carbocycles. The summed E-state index contributed by atoms with van der Waals surface area (Å²) in [4.78, 5) is 19.7. The Labute approximate surface area is 149 Å². The summed E-state index contributed by atoms with van der Waals surface area (Å²) in [6.45, 7) is 0. The molecule has 0 bridgehead atoms. The van der Waals surface area contributed by atoms with Crippen molar-refractivity contribution in [3.8, 4) is 0 Å². The van der Waals surface area contributed by atoms with Gasteiger partial charge in [0, 0.05) is 12.1 Å². The normalized spacial score (nSPS) is 20.5. The number of hydrogen-bond acceptors (Lipinski definition) is 6. The zero-order chi connectivity index (χ0) is 17.5. The van der Waals surface area contributed by atoms with Crippen LogP contribution < -0.4 is 10.6 Å². The van der Waals surface area contributed by atoms with Gasteiger partial charge in [-0.25, -0.2) is 9.97 Å². The highest BCUT2D eigenvalue weighted by molar-refractivity contribution is 5.69. The van der Waals surface area contributed by atoms with Crippen LogP contribution in [0.1, 0.15) is 77.0 Å². The third kappa shape index (κ3) is 5.03. The molecule has 0 unspecified atom stereocenters. The summed E-state index contributed by atoms with van der Waals surface area (Å²) in [5, 5.41) is 18.4. The van der Waals surface area contributed by atoms with Crippen LogP contribution >= 0.6 is 0 Å². The van der Waals surface area contributed by atoms with Gasteiger partial charge in [0.2, 0.25) is 11.6 Å². The van der Waals surface area contributed by atoms with Crippen molar-refractivity contribution in [2.24, 2.45) is 0 Å². The smallest absolute Gasteiger partial charge is 0.353 e. The summed E-state index contributed by atoms with van der Waals surface area (Å²) in [6, 6.07) is 0.531. The number of anilines is 2. The van der Waals surface area contributed by atoms with E-state index in [4.69, 9.17) is 0 Å². The molecule has 7 nitrogen and oxygen atoms in total. The first-order chi connectivity index (χ1) is 12.2. The van der Waals surface area contributed by atoms with Crippen molar-refractivity contribution < 1.29 is 4.92 Å². The molecule has 138 valence electrons. The van der Waals surface area contributed by atoms with Crippen LogP contribution in [0.5, 0.6) is 0 Å². The van der Waals surface area contributed by atoms with Gasteiger partial charge in [0.1, 0.15) is 6.33 Å². The molecule has 2 fully saturated rings. The van der Waals surface area contributed by atoms with E-state index >= 15 is 0 Å². The molecule has 2 N–H and O–H groups in total. The number of rotatable bonds is 5. The lowest BCUT2D eigenvalue weighted by Gasteiger charge is -2.19. The molecule has 7 heteroatoms. The Kier molecular flexibility index (Phi) is 6.42. The monoisotopic (exact) mass is 347 g/mol. The first-order valence-corrected chi connectivity index (χ1v) is 9.76. The van der Waals surface area contributed by atoms with Gasteiger partial charge in [-0.15, -0.1) is 0 Å². The van der Waals surface area contributed by atoms with Gasteiger partial charge in [-0.1, -0.05) is 51.4 Å². The Bertz CT molecular complexity index is 524. The molecule has 1 aromatic rings. The Hall–Kier alpha value is -1.92. The van der Waals surface area contributed by atoms with Crippen molar-refractivity contribution in [3.63, 3.8) is 0 Å². The highest BCUT2D eigenvalue weighted by atomic mass is 16.6. The standard InChI is InChI=1S/C18H29N5O2/c24-23(25)16-17(21-14-9-5-1-2-6-10-14)19-13-20-18(16)22-15-11-7-3-4-8-12-15/h13-15H,1-12H2,(H2,19,20,21,22). The number of hydrogen-bond donors (Lipinski definition) is 2. The molecule has 1 aromatic heterocycles. The predicted molar refractivity (Wildman–Crippen MR) is 98.9 cm³/mol. The Morgan fingerprint density at radius 1 is 0.800 bits per heavy atom. The highest BCUT2D eigenvalue weighted by Gasteiger charge is 2.27. The van der Waals surface area contributed by atoms with E-state index in [2.05, 4.69) is 20.6 Å². The maximum absolute atomic E-state index is 11.7. The minimum atomic E-state index is -0.349. The average molecular weight is 347 g/mol. The van der Waals surface area contributed by atoms with Crippen LogP contribution in [-0.4, -0.2) is 27.0 Å². The van der Waals surface area contributed by atoms with Crippen LogP contribution in [0.2, 0.25) is 0 Å². The minimum Gasteiger partial charge on any atom is -0.361 e. The van der Waals surface area contributed by atoms with Gasteiger partial charge < -0.3 is 10.6 Å². The molecule has 0 aromatic carbocycles. The fourth-order valence-corrected chi connectivity index (χ4v) is 4.00. The molecule has 0 amide bonds. The summed E-state index contributed by atoms with van der Waals surface area (Å²) in [7, 11) is 0. The SMILES string of the molecule is O=[N+]([O-])c1c(NC2CCCCCC2)ncnc1NC1CCCCCC1. The average Bonchev–Trinajstić information content (AvgIpc) is 3.00. The van der Waals surface area contributed by atoms with E-state index in [9.17, 15) is 10.1 Å². The van der Waals surface area contributed by atoms with Crippen LogP contribution in [0.4, 0.5) is 17.3 Å². The van der Waals surface area contributed by atoms with E-state index in [0.717, 1.165) is 25.7 Å². The lowest BCUT2D eigenvalue weighted by atomic mass is 10.1. The first-order valence-electron chi connectivity index (χ1n) is 9.76.